The van der Waals surface area contributed by atoms with Crippen molar-refractivity contribution in [1.29, 1.82) is 0 Å². The summed E-state index contributed by atoms with van der Waals surface area (Å²) in [5.41, 5.74) is 0. The van der Waals surface area contributed by atoms with Gasteiger partial charge in [0, 0.05) is 0 Å². The minimum absolute atomic E-state index is 0.0906. The van der Waals surface area contributed by atoms with E-state index in [9.17, 15) is 5.11 Å². The smallest absolute Gasteiger partial charge is 0.0563 e. The Bertz CT molecular complexity index is 75.7. The summed E-state index contributed by atoms with van der Waals surface area (Å²) in [6, 6.07) is 0. The lowest BCUT2D eigenvalue weighted by Gasteiger charge is -2.15. The molecule has 0 spiro atoms. The maximum Gasteiger partial charge on any atom is 0.0563 e. The molecule has 0 aromatic carbocycles. The molecule has 2 atom stereocenters. The van der Waals surface area contributed by atoms with Crippen LogP contribution in [-0.2, 0) is 0 Å². The van der Waals surface area contributed by atoms with Gasteiger partial charge < -0.3 is 5.11 Å². The van der Waals surface area contributed by atoms with E-state index in [0.29, 0.717) is 5.92 Å². The van der Waals surface area contributed by atoms with Gasteiger partial charge in [0.1, 0.15) is 0 Å². The highest BCUT2D eigenvalue weighted by molar-refractivity contribution is 7.98. The lowest BCUT2D eigenvalue weighted by molar-refractivity contribution is 0.111. The molecule has 0 aliphatic heterocycles. The number of aliphatic hydroxyl groups excluding tert-OH is 1. The van der Waals surface area contributed by atoms with Crippen LogP contribution in [0.3, 0.4) is 0 Å². The molecule has 0 radical (unpaired) electrons. The normalized spacial score (nSPS) is 16.8. The van der Waals surface area contributed by atoms with Crippen LogP contribution < -0.4 is 0 Å². The van der Waals surface area contributed by atoms with Gasteiger partial charge in [0.25, 0.3) is 0 Å². The van der Waals surface area contributed by atoms with Crippen LogP contribution in [0.4, 0.5) is 0 Å². The highest BCUT2D eigenvalue weighted by Crippen LogP contribution is 2.13. The third kappa shape index (κ3) is 4.18. The molecule has 2 heteroatoms. The van der Waals surface area contributed by atoms with Crippen molar-refractivity contribution in [1.82, 2.24) is 0 Å². The number of aliphatic hydroxyl groups is 1. The van der Waals surface area contributed by atoms with Crippen LogP contribution in [0.15, 0.2) is 0 Å². The van der Waals surface area contributed by atoms with Crippen molar-refractivity contribution in [3.05, 3.63) is 0 Å². The van der Waals surface area contributed by atoms with Crippen molar-refractivity contribution >= 4 is 11.8 Å². The van der Waals surface area contributed by atoms with Crippen LogP contribution in [0.25, 0.3) is 0 Å². The third-order valence-corrected chi connectivity index (χ3v) is 2.50. The van der Waals surface area contributed by atoms with Gasteiger partial charge in [-0.25, -0.2) is 0 Å². The van der Waals surface area contributed by atoms with Crippen molar-refractivity contribution in [3.63, 3.8) is 0 Å². The zero-order valence-corrected chi connectivity index (χ0v) is 7.95. The van der Waals surface area contributed by atoms with E-state index in [2.05, 4.69) is 13.2 Å². The monoisotopic (exact) mass is 162 g/mol. The Morgan fingerprint density at radius 2 is 2.10 bits per heavy atom. The summed E-state index contributed by atoms with van der Waals surface area (Å²) in [5, 5.41) is 9.34. The first-order valence-corrected chi connectivity index (χ1v) is 5.28. The second kappa shape index (κ2) is 6.05. The quantitative estimate of drug-likeness (QED) is 0.668. The fourth-order valence-corrected chi connectivity index (χ4v) is 1.51. The molecule has 1 nitrogen and oxygen atoms in total. The summed E-state index contributed by atoms with van der Waals surface area (Å²) in [7, 11) is 0. The standard InChI is InChI=1S/C8H18OS/c1-4-8(9)7(2)5-6-10-3/h7-9H,4-6H2,1-3H3. The van der Waals surface area contributed by atoms with Crippen LogP contribution in [0.1, 0.15) is 26.7 Å². The van der Waals surface area contributed by atoms with Crippen molar-refractivity contribution in [2.45, 2.75) is 32.8 Å². The van der Waals surface area contributed by atoms with Crippen LogP contribution >= 0.6 is 11.8 Å². The zero-order chi connectivity index (χ0) is 7.98. The Morgan fingerprint density at radius 3 is 2.50 bits per heavy atom. The maximum atomic E-state index is 9.34. The molecule has 0 saturated carbocycles. The molecule has 1 N–H and O–H groups in total. The fraction of sp³-hybridized carbons (Fsp3) is 1.00. The van der Waals surface area contributed by atoms with Gasteiger partial charge in [-0.2, -0.15) is 11.8 Å². The number of hydrogen-bond donors (Lipinski definition) is 1. The van der Waals surface area contributed by atoms with E-state index < -0.39 is 0 Å². The minimum Gasteiger partial charge on any atom is -0.393 e. The van der Waals surface area contributed by atoms with Crippen molar-refractivity contribution < 1.29 is 5.11 Å². The topological polar surface area (TPSA) is 20.2 Å². The van der Waals surface area contributed by atoms with Crippen molar-refractivity contribution in [3.8, 4) is 0 Å². The second-order valence-electron chi connectivity index (χ2n) is 2.73. The predicted octanol–water partition coefficient (Wildman–Crippen LogP) is 2.15. The van der Waals surface area contributed by atoms with E-state index in [1.807, 2.05) is 18.7 Å². The molecule has 0 aromatic heterocycles. The van der Waals surface area contributed by atoms with E-state index in [-0.39, 0.29) is 6.10 Å². The van der Waals surface area contributed by atoms with Gasteiger partial charge in [0.2, 0.25) is 0 Å². The molecule has 0 rings (SSSR count). The Hall–Kier alpha value is 0.310. The first kappa shape index (κ1) is 10.3. The summed E-state index contributed by atoms with van der Waals surface area (Å²) in [5.74, 6) is 1.63. The SMILES string of the molecule is CCC(O)C(C)CCSC. The molecule has 0 amide bonds. The van der Waals surface area contributed by atoms with Crippen molar-refractivity contribution in [2.75, 3.05) is 12.0 Å². The first-order valence-electron chi connectivity index (χ1n) is 3.89. The fourth-order valence-electron chi connectivity index (χ4n) is 0.898. The van der Waals surface area contributed by atoms with Crippen LogP contribution in [0, 0.1) is 5.92 Å². The molecule has 0 aromatic rings. The molecular weight excluding hydrogens is 144 g/mol. The van der Waals surface area contributed by atoms with Gasteiger partial charge in [0.05, 0.1) is 6.10 Å². The maximum absolute atomic E-state index is 9.34. The third-order valence-electron chi connectivity index (χ3n) is 1.85. The van der Waals surface area contributed by atoms with Gasteiger partial charge in [0.15, 0.2) is 0 Å². The van der Waals surface area contributed by atoms with Gasteiger partial charge in [-0.3, -0.25) is 0 Å². The summed E-state index contributed by atoms with van der Waals surface area (Å²) >= 11 is 1.85. The summed E-state index contributed by atoms with van der Waals surface area (Å²) in [6.45, 7) is 4.14. The predicted molar refractivity (Wildman–Crippen MR) is 48.5 cm³/mol. The van der Waals surface area contributed by atoms with Gasteiger partial charge in [-0.15, -0.1) is 0 Å². The minimum atomic E-state index is -0.0906. The van der Waals surface area contributed by atoms with Gasteiger partial charge >= 0.3 is 0 Å². The molecule has 10 heavy (non-hydrogen) atoms. The summed E-state index contributed by atoms with van der Waals surface area (Å²) in [6.07, 6.45) is 4.03. The molecule has 62 valence electrons. The Labute approximate surface area is 68.2 Å². The van der Waals surface area contributed by atoms with E-state index >= 15 is 0 Å². The van der Waals surface area contributed by atoms with Crippen LogP contribution in [-0.4, -0.2) is 23.2 Å². The van der Waals surface area contributed by atoms with Gasteiger partial charge in [-0.1, -0.05) is 13.8 Å². The Kier molecular flexibility index (Phi) is 6.24. The molecule has 0 bridgehead atoms. The van der Waals surface area contributed by atoms with Crippen LogP contribution in [0.5, 0.6) is 0 Å². The zero-order valence-electron chi connectivity index (χ0n) is 7.13. The number of thioether (sulfide) groups is 1. The van der Waals surface area contributed by atoms with E-state index in [1.165, 1.54) is 0 Å². The Balaban J connectivity index is 3.31. The van der Waals surface area contributed by atoms with E-state index in [0.717, 1.165) is 18.6 Å². The molecule has 0 saturated heterocycles. The largest absolute Gasteiger partial charge is 0.393 e. The molecule has 0 heterocycles. The second-order valence-corrected chi connectivity index (χ2v) is 3.72. The first-order chi connectivity index (χ1) is 4.72. The van der Waals surface area contributed by atoms with E-state index in [1.54, 1.807) is 0 Å². The van der Waals surface area contributed by atoms with Gasteiger partial charge in [-0.05, 0) is 30.8 Å². The Morgan fingerprint density at radius 1 is 1.50 bits per heavy atom. The highest BCUT2D eigenvalue weighted by atomic mass is 32.2. The lowest BCUT2D eigenvalue weighted by atomic mass is 10.0. The highest BCUT2D eigenvalue weighted by Gasteiger charge is 2.10. The average molecular weight is 162 g/mol. The molecule has 0 aliphatic carbocycles. The summed E-state index contributed by atoms with van der Waals surface area (Å²) in [4.78, 5) is 0. The van der Waals surface area contributed by atoms with Crippen LogP contribution in [0.2, 0.25) is 0 Å². The number of hydrogen-bond acceptors (Lipinski definition) is 2. The lowest BCUT2D eigenvalue weighted by Crippen LogP contribution is -2.16. The molecule has 0 aliphatic rings. The van der Waals surface area contributed by atoms with E-state index in [4.69, 9.17) is 0 Å². The number of rotatable bonds is 5. The summed E-state index contributed by atoms with van der Waals surface area (Å²) < 4.78 is 0. The molecular formula is C8H18OS. The molecule has 2 unspecified atom stereocenters. The molecule has 0 fully saturated rings. The van der Waals surface area contributed by atoms with Crippen molar-refractivity contribution in [2.24, 2.45) is 5.92 Å². The average Bonchev–Trinajstić information content (AvgIpc) is 1.98.